The first-order valence-electron chi connectivity index (χ1n) is 7.32. The van der Waals surface area contributed by atoms with Crippen molar-refractivity contribution in [3.8, 4) is 0 Å². The van der Waals surface area contributed by atoms with Crippen LogP contribution in [0.1, 0.15) is 19.4 Å². The summed E-state index contributed by atoms with van der Waals surface area (Å²) in [6.45, 7) is 6.26. The zero-order chi connectivity index (χ0) is 15.7. The molecular weight excluding hydrogens is 266 g/mol. The quantitative estimate of drug-likeness (QED) is 0.701. The fourth-order valence-corrected chi connectivity index (χ4v) is 2.33. The van der Waals surface area contributed by atoms with E-state index in [2.05, 4.69) is 12.1 Å². The van der Waals surface area contributed by atoms with Gasteiger partial charge in [0.05, 0.1) is 13.2 Å². The van der Waals surface area contributed by atoms with Gasteiger partial charge in [-0.05, 0) is 12.0 Å². The van der Waals surface area contributed by atoms with Gasteiger partial charge in [0.2, 0.25) is 5.91 Å². The van der Waals surface area contributed by atoms with E-state index in [1.165, 1.54) is 5.56 Å². The number of benzene rings is 1. The Morgan fingerprint density at radius 3 is 2.05 bits per heavy atom. The number of carbonyl (C=O) groups is 1. The molecule has 0 aliphatic heterocycles. The molecule has 0 aromatic heterocycles. The van der Waals surface area contributed by atoms with Crippen molar-refractivity contribution in [1.82, 2.24) is 4.90 Å². The molecule has 0 saturated heterocycles. The molecule has 0 spiro atoms. The standard InChI is InChI=1S/C17H27NO3/c1-17(2,14-15-8-6-5-7-9-15)16(19)18(10-12-20-3)11-13-21-4/h5-9H,10-14H2,1-4H3. The van der Waals surface area contributed by atoms with Gasteiger partial charge in [0, 0.05) is 32.7 Å². The molecule has 4 nitrogen and oxygen atoms in total. The maximum atomic E-state index is 12.8. The lowest BCUT2D eigenvalue weighted by molar-refractivity contribution is -0.141. The molecule has 1 amide bonds. The maximum absolute atomic E-state index is 12.8. The average molecular weight is 293 g/mol. The Morgan fingerprint density at radius 2 is 1.57 bits per heavy atom. The second kappa shape index (κ2) is 8.80. The van der Waals surface area contributed by atoms with Crippen molar-refractivity contribution in [3.63, 3.8) is 0 Å². The summed E-state index contributed by atoms with van der Waals surface area (Å²) in [6, 6.07) is 10.1. The van der Waals surface area contributed by atoms with Crippen LogP contribution in [0.2, 0.25) is 0 Å². The van der Waals surface area contributed by atoms with Gasteiger partial charge in [-0.15, -0.1) is 0 Å². The summed E-state index contributed by atoms with van der Waals surface area (Å²) in [6.07, 6.45) is 0.725. The van der Waals surface area contributed by atoms with Crippen LogP contribution in [0.15, 0.2) is 30.3 Å². The predicted octanol–water partition coefficient (Wildman–Crippen LogP) is 2.38. The fourth-order valence-electron chi connectivity index (χ4n) is 2.33. The third-order valence-corrected chi connectivity index (χ3v) is 3.49. The zero-order valence-corrected chi connectivity index (χ0v) is 13.6. The summed E-state index contributed by atoms with van der Waals surface area (Å²) in [5.41, 5.74) is 0.734. The summed E-state index contributed by atoms with van der Waals surface area (Å²) in [5.74, 6) is 0.139. The molecule has 0 bridgehead atoms. The maximum Gasteiger partial charge on any atom is 0.228 e. The molecule has 0 radical (unpaired) electrons. The monoisotopic (exact) mass is 293 g/mol. The van der Waals surface area contributed by atoms with Crippen LogP contribution < -0.4 is 0 Å². The van der Waals surface area contributed by atoms with Gasteiger partial charge in [-0.1, -0.05) is 44.2 Å². The number of methoxy groups -OCH3 is 2. The highest BCUT2D eigenvalue weighted by Crippen LogP contribution is 2.24. The largest absolute Gasteiger partial charge is 0.383 e. The Bertz CT molecular complexity index is 409. The molecule has 0 aliphatic carbocycles. The van der Waals surface area contributed by atoms with Crippen LogP contribution in [0.3, 0.4) is 0 Å². The molecule has 0 N–H and O–H groups in total. The molecule has 21 heavy (non-hydrogen) atoms. The van der Waals surface area contributed by atoms with Crippen molar-refractivity contribution in [2.24, 2.45) is 5.41 Å². The lowest BCUT2D eigenvalue weighted by Crippen LogP contribution is -2.45. The zero-order valence-electron chi connectivity index (χ0n) is 13.6. The number of ether oxygens (including phenoxy) is 2. The molecule has 1 aromatic rings. The van der Waals surface area contributed by atoms with Gasteiger partial charge in [0.15, 0.2) is 0 Å². The third-order valence-electron chi connectivity index (χ3n) is 3.49. The van der Waals surface area contributed by atoms with E-state index in [0.717, 1.165) is 6.42 Å². The molecule has 0 atom stereocenters. The first-order chi connectivity index (χ1) is 10.0. The van der Waals surface area contributed by atoms with Crippen LogP contribution in [0.4, 0.5) is 0 Å². The molecule has 1 rings (SSSR count). The SMILES string of the molecule is COCCN(CCOC)C(=O)C(C)(C)Cc1ccccc1. The summed E-state index contributed by atoms with van der Waals surface area (Å²) < 4.78 is 10.2. The minimum atomic E-state index is -0.442. The number of nitrogens with zero attached hydrogens (tertiary/aromatic N) is 1. The first-order valence-corrected chi connectivity index (χ1v) is 7.32. The van der Waals surface area contributed by atoms with Gasteiger partial charge in [0.25, 0.3) is 0 Å². The fraction of sp³-hybridized carbons (Fsp3) is 0.588. The van der Waals surface area contributed by atoms with Gasteiger partial charge in [-0.25, -0.2) is 0 Å². The van der Waals surface area contributed by atoms with Crippen LogP contribution >= 0.6 is 0 Å². The summed E-state index contributed by atoms with van der Waals surface area (Å²) in [7, 11) is 3.29. The van der Waals surface area contributed by atoms with Crippen LogP contribution in [0, 0.1) is 5.41 Å². The summed E-state index contributed by atoms with van der Waals surface area (Å²) in [4.78, 5) is 14.6. The number of amides is 1. The Labute approximate surface area is 128 Å². The van der Waals surface area contributed by atoms with Gasteiger partial charge in [0.1, 0.15) is 0 Å². The molecule has 0 unspecified atom stereocenters. The van der Waals surface area contributed by atoms with Gasteiger partial charge < -0.3 is 14.4 Å². The van der Waals surface area contributed by atoms with Crippen LogP contribution in [0.25, 0.3) is 0 Å². The van der Waals surface area contributed by atoms with Crippen molar-refractivity contribution in [2.75, 3.05) is 40.5 Å². The topological polar surface area (TPSA) is 38.8 Å². The molecule has 1 aromatic carbocycles. The number of rotatable bonds is 9. The number of hydrogen-bond acceptors (Lipinski definition) is 3. The normalized spacial score (nSPS) is 11.4. The Morgan fingerprint density at radius 1 is 1.05 bits per heavy atom. The minimum absolute atomic E-state index is 0.139. The first kappa shape index (κ1) is 17.7. The molecule has 0 aliphatic rings. The van der Waals surface area contributed by atoms with Crippen molar-refractivity contribution in [3.05, 3.63) is 35.9 Å². The van der Waals surface area contributed by atoms with Crippen LogP contribution in [0.5, 0.6) is 0 Å². The minimum Gasteiger partial charge on any atom is -0.383 e. The number of carbonyl (C=O) groups excluding carboxylic acids is 1. The van der Waals surface area contributed by atoms with Crippen molar-refractivity contribution < 1.29 is 14.3 Å². The van der Waals surface area contributed by atoms with Gasteiger partial charge in [-0.2, -0.15) is 0 Å². The van der Waals surface area contributed by atoms with E-state index in [0.29, 0.717) is 26.3 Å². The molecule has 0 heterocycles. The van der Waals surface area contributed by atoms with Crippen LogP contribution in [-0.4, -0.2) is 51.3 Å². The van der Waals surface area contributed by atoms with Crippen molar-refractivity contribution >= 4 is 5.91 Å². The number of hydrogen-bond donors (Lipinski definition) is 0. The van der Waals surface area contributed by atoms with E-state index in [-0.39, 0.29) is 5.91 Å². The van der Waals surface area contributed by atoms with E-state index in [4.69, 9.17) is 9.47 Å². The molecule has 0 saturated carbocycles. The second-order valence-corrected chi connectivity index (χ2v) is 5.82. The molecule has 4 heteroatoms. The average Bonchev–Trinajstić information content (AvgIpc) is 2.47. The Balaban J connectivity index is 2.74. The highest BCUT2D eigenvalue weighted by atomic mass is 16.5. The Hall–Kier alpha value is -1.39. The van der Waals surface area contributed by atoms with Gasteiger partial charge in [-0.3, -0.25) is 4.79 Å². The lowest BCUT2D eigenvalue weighted by Gasteiger charge is -2.32. The van der Waals surface area contributed by atoms with Crippen molar-refractivity contribution in [1.29, 1.82) is 0 Å². The second-order valence-electron chi connectivity index (χ2n) is 5.82. The summed E-state index contributed by atoms with van der Waals surface area (Å²) >= 11 is 0. The lowest BCUT2D eigenvalue weighted by atomic mass is 9.84. The third kappa shape index (κ3) is 5.86. The predicted molar refractivity (Wildman–Crippen MR) is 84.3 cm³/mol. The van der Waals surface area contributed by atoms with Gasteiger partial charge >= 0.3 is 0 Å². The molecule has 0 fully saturated rings. The van der Waals surface area contributed by atoms with E-state index >= 15 is 0 Å². The highest BCUT2D eigenvalue weighted by molar-refractivity contribution is 5.82. The molecular formula is C17H27NO3. The van der Waals surface area contributed by atoms with E-state index in [1.54, 1.807) is 14.2 Å². The smallest absolute Gasteiger partial charge is 0.228 e. The summed E-state index contributed by atoms with van der Waals surface area (Å²) in [5, 5.41) is 0. The molecule has 118 valence electrons. The van der Waals surface area contributed by atoms with E-state index < -0.39 is 5.41 Å². The van der Waals surface area contributed by atoms with E-state index in [9.17, 15) is 4.79 Å². The van der Waals surface area contributed by atoms with Crippen LogP contribution in [-0.2, 0) is 20.7 Å². The van der Waals surface area contributed by atoms with Crippen molar-refractivity contribution in [2.45, 2.75) is 20.3 Å². The van der Waals surface area contributed by atoms with E-state index in [1.807, 2.05) is 36.9 Å². The Kier molecular flexibility index (Phi) is 7.40. The highest BCUT2D eigenvalue weighted by Gasteiger charge is 2.31.